The standard InChI is InChI=1S/C18H18O6/c1-12(19)13-6-5-7-14(17(13)20)18(21)24-11-10-23-16-9-4-3-8-15(16)22-2/h3-9,20H,10-11H2,1-2H3. The van der Waals surface area contributed by atoms with Crippen molar-refractivity contribution in [3.05, 3.63) is 53.6 Å². The molecule has 0 atom stereocenters. The number of Topliss-reactive ketones (excluding diaryl/α,β-unsaturated/α-hetero) is 1. The van der Waals surface area contributed by atoms with Crippen LogP contribution in [-0.2, 0) is 4.74 Å². The summed E-state index contributed by atoms with van der Waals surface area (Å²) in [5.41, 5.74) is 0.0229. The number of aromatic hydroxyl groups is 1. The molecule has 0 amide bonds. The summed E-state index contributed by atoms with van der Waals surface area (Å²) < 4.78 is 15.7. The third-order valence-corrected chi connectivity index (χ3v) is 3.28. The van der Waals surface area contributed by atoms with E-state index in [1.165, 1.54) is 32.2 Å². The van der Waals surface area contributed by atoms with E-state index < -0.39 is 5.97 Å². The van der Waals surface area contributed by atoms with Crippen LogP contribution < -0.4 is 9.47 Å². The van der Waals surface area contributed by atoms with E-state index in [4.69, 9.17) is 14.2 Å². The minimum atomic E-state index is -0.723. The molecule has 0 aromatic heterocycles. The monoisotopic (exact) mass is 330 g/mol. The van der Waals surface area contributed by atoms with Crippen LogP contribution in [0, 0.1) is 0 Å². The zero-order valence-corrected chi connectivity index (χ0v) is 13.4. The number of esters is 1. The van der Waals surface area contributed by atoms with Crippen molar-refractivity contribution in [3.63, 3.8) is 0 Å². The van der Waals surface area contributed by atoms with Crippen molar-refractivity contribution >= 4 is 11.8 Å². The highest BCUT2D eigenvalue weighted by molar-refractivity contribution is 6.02. The molecule has 0 aliphatic rings. The van der Waals surface area contributed by atoms with Gasteiger partial charge in [-0.2, -0.15) is 0 Å². The number of para-hydroxylation sites is 3. The van der Waals surface area contributed by atoms with Gasteiger partial charge < -0.3 is 19.3 Å². The minimum Gasteiger partial charge on any atom is -0.506 e. The van der Waals surface area contributed by atoms with E-state index >= 15 is 0 Å². The molecule has 2 aromatic rings. The fraction of sp³-hybridized carbons (Fsp3) is 0.222. The van der Waals surface area contributed by atoms with Gasteiger partial charge in [-0.1, -0.05) is 18.2 Å². The number of ketones is 1. The SMILES string of the molecule is COc1ccccc1OCCOC(=O)c1cccc(C(C)=O)c1O. The van der Waals surface area contributed by atoms with Crippen molar-refractivity contribution in [2.45, 2.75) is 6.92 Å². The van der Waals surface area contributed by atoms with E-state index in [0.29, 0.717) is 11.5 Å². The molecule has 6 heteroatoms. The average molecular weight is 330 g/mol. The molecule has 2 aromatic carbocycles. The van der Waals surface area contributed by atoms with Crippen LogP contribution in [0.2, 0.25) is 0 Å². The van der Waals surface area contributed by atoms with Crippen LogP contribution in [0.5, 0.6) is 17.2 Å². The summed E-state index contributed by atoms with van der Waals surface area (Å²) in [6.45, 7) is 1.42. The van der Waals surface area contributed by atoms with Crippen molar-refractivity contribution in [3.8, 4) is 17.2 Å². The number of carbonyl (C=O) groups is 2. The van der Waals surface area contributed by atoms with Crippen LogP contribution in [0.15, 0.2) is 42.5 Å². The lowest BCUT2D eigenvalue weighted by Gasteiger charge is -2.11. The van der Waals surface area contributed by atoms with Crippen molar-refractivity contribution in [1.29, 1.82) is 0 Å². The summed E-state index contributed by atoms with van der Waals surface area (Å²) in [5, 5.41) is 9.96. The van der Waals surface area contributed by atoms with Crippen molar-refractivity contribution in [2.24, 2.45) is 0 Å². The number of phenols is 1. The molecular weight excluding hydrogens is 312 g/mol. The number of phenolic OH excluding ortho intramolecular Hbond substituents is 1. The number of benzene rings is 2. The summed E-state index contributed by atoms with van der Waals surface area (Å²) in [4.78, 5) is 23.4. The van der Waals surface area contributed by atoms with Gasteiger partial charge in [0.05, 0.1) is 12.7 Å². The van der Waals surface area contributed by atoms with Crippen LogP contribution in [0.3, 0.4) is 0 Å². The van der Waals surface area contributed by atoms with Crippen LogP contribution >= 0.6 is 0 Å². The van der Waals surface area contributed by atoms with Gasteiger partial charge >= 0.3 is 5.97 Å². The van der Waals surface area contributed by atoms with Gasteiger partial charge in [0, 0.05) is 0 Å². The molecule has 0 aliphatic carbocycles. The molecular formula is C18H18O6. The maximum Gasteiger partial charge on any atom is 0.342 e. The minimum absolute atomic E-state index is 0.0133. The fourth-order valence-electron chi connectivity index (χ4n) is 2.09. The Hall–Kier alpha value is -3.02. The van der Waals surface area contributed by atoms with Gasteiger partial charge in [0.2, 0.25) is 0 Å². The molecule has 24 heavy (non-hydrogen) atoms. The lowest BCUT2D eigenvalue weighted by atomic mass is 10.1. The largest absolute Gasteiger partial charge is 0.506 e. The molecule has 0 spiro atoms. The molecule has 0 saturated heterocycles. The molecule has 0 unspecified atom stereocenters. The lowest BCUT2D eigenvalue weighted by molar-refractivity contribution is 0.0446. The first-order chi connectivity index (χ1) is 11.5. The highest BCUT2D eigenvalue weighted by Gasteiger charge is 2.17. The molecule has 0 heterocycles. The fourth-order valence-corrected chi connectivity index (χ4v) is 2.09. The predicted molar refractivity (Wildman–Crippen MR) is 86.9 cm³/mol. The van der Waals surface area contributed by atoms with Crippen LogP contribution in [0.1, 0.15) is 27.6 Å². The van der Waals surface area contributed by atoms with Crippen LogP contribution in [-0.4, -0.2) is 37.2 Å². The van der Waals surface area contributed by atoms with Crippen molar-refractivity contribution in [2.75, 3.05) is 20.3 Å². The van der Waals surface area contributed by atoms with E-state index in [1.54, 1.807) is 18.2 Å². The Bertz CT molecular complexity index is 738. The molecule has 0 fully saturated rings. The zero-order valence-electron chi connectivity index (χ0n) is 13.4. The Morgan fingerprint density at radius 2 is 1.62 bits per heavy atom. The topological polar surface area (TPSA) is 82.1 Å². The third-order valence-electron chi connectivity index (χ3n) is 3.28. The first kappa shape index (κ1) is 17.3. The van der Waals surface area contributed by atoms with Gasteiger partial charge in [-0.15, -0.1) is 0 Å². The van der Waals surface area contributed by atoms with Gasteiger partial charge in [-0.05, 0) is 31.2 Å². The van der Waals surface area contributed by atoms with Crippen LogP contribution in [0.25, 0.3) is 0 Å². The first-order valence-corrected chi connectivity index (χ1v) is 7.30. The molecule has 0 aliphatic heterocycles. The average Bonchev–Trinajstić information content (AvgIpc) is 2.58. The Labute approximate surface area is 139 Å². The van der Waals surface area contributed by atoms with Gasteiger partial charge in [0.1, 0.15) is 24.5 Å². The summed E-state index contributed by atoms with van der Waals surface area (Å²) in [7, 11) is 1.53. The maximum absolute atomic E-state index is 12.0. The second kappa shape index (κ2) is 8.01. The van der Waals surface area contributed by atoms with E-state index in [9.17, 15) is 14.7 Å². The maximum atomic E-state index is 12.0. The molecule has 0 bridgehead atoms. The Morgan fingerprint density at radius 3 is 2.29 bits per heavy atom. The summed E-state index contributed by atoms with van der Waals surface area (Å²) in [6, 6.07) is 11.5. The summed E-state index contributed by atoms with van der Waals surface area (Å²) >= 11 is 0. The Kier molecular flexibility index (Phi) is 5.78. The molecule has 6 nitrogen and oxygen atoms in total. The molecule has 126 valence electrons. The van der Waals surface area contributed by atoms with Gasteiger partial charge in [-0.3, -0.25) is 4.79 Å². The normalized spacial score (nSPS) is 10.1. The molecule has 1 N–H and O–H groups in total. The quantitative estimate of drug-likeness (QED) is 0.477. The number of hydrogen-bond donors (Lipinski definition) is 1. The number of rotatable bonds is 7. The lowest BCUT2D eigenvalue weighted by Crippen LogP contribution is -2.13. The predicted octanol–water partition coefficient (Wildman–Crippen LogP) is 2.84. The number of carbonyl (C=O) groups excluding carboxylic acids is 2. The first-order valence-electron chi connectivity index (χ1n) is 7.30. The third kappa shape index (κ3) is 4.04. The molecule has 2 rings (SSSR count). The van der Waals surface area contributed by atoms with Gasteiger partial charge in [0.25, 0.3) is 0 Å². The molecule has 0 radical (unpaired) electrons. The number of ether oxygens (including phenoxy) is 3. The highest BCUT2D eigenvalue weighted by Crippen LogP contribution is 2.26. The van der Waals surface area contributed by atoms with Crippen molar-refractivity contribution in [1.82, 2.24) is 0 Å². The van der Waals surface area contributed by atoms with Gasteiger partial charge in [-0.25, -0.2) is 4.79 Å². The summed E-state index contributed by atoms with van der Waals surface area (Å²) in [5.74, 6) is -0.311. The van der Waals surface area contributed by atoms with Crippen molar-refractivity contribution < 1.29 is 28.9 Å². The second-order valence-electron chi connectivity index (χ2n) is 4.89. The summed E-state index contributed by atoms with van der Waals surface area (Å²) in [6.07, 6.45) is 0. The van der Waals surface area contributed by atoms with E-state index in [2.05, 4.69) is 0 Å². The van der Waals surface area contributed by atoms with E-state index in [-0.39, 0.29) is 35.9 Å². The highest BCUT2D eigenvalue weighted by atomic mass is 16.6. The smallest absolute Gasteiger partial charge is 0.342 e. The molecule has 0 saturated carbocycles. The van der Waals surface area contributed by atoms with Crippen LogP contribution in [0.4, 0.5) is 0 Å². The Morgan fingerprint density at radius 1 is 0.958 bits per heavy atom. The second-order valence-corrected chi connectivity index (χ2v) is 4.89. The van der Waals surface area contributed by atoms with E-state index in [0.717, 1.165) is 0 Å². The van der Waals surface area contributed by atoms with E-state index in [1.807, 2.05) is 6.07 Å². The zero-order chi connectivity index (χ0) is 17.5. The number of hydrogen-bond acceptors (Lipinski definition) is 6. The Balaban J connectivity index is 1.92. The number of methoxy groups -OCH3 is 1. The van der Waals surface area contributed by atoms with Gasteiger partial charge in [0.15, 0.2) is 17.3 Å².